The Morgan fingerprint density at radius 1 is 0.764 bits per heavy atom. The lowest BCUT2D eigenvalue weighted by molar-refractivity contribution is -0.136. The van der Waals surface area contributed by atoms with Gasteiger partial charge in [0.1, 0.15) is 23.6 Å². The Labute approximate surface area is 326 Å². The zero-order valence-corrected chi connectivity index (χ0v) is 31.6. The fourth-order valence-electron chi connectivity index (χ4n) is 9.06. The summed E-state index contributed by atoms with van der Waals surface area (Å²) in [4.78, 5) is 57.0. The second-order valence-corrected chi connectivity index (χ2v) is 16.0. The molecule has 1 atom stereocenters. The monoisotopic (exact) mass is 763 g/mol. The van der Waals surface area contributed by atoms with Crippen LogP contribution in [0, 0.1) is 17.2 Å². The standard InChI is InChI=1S/C43H46ClN5O6/c44-36-24-34(9-6-30(36)25-45)55-33-12-10-32(11-13-33)54-31-7-4-28(5-8-31)29-18-20-47(21-19-29)26-27-16-22-48(23-17-27)37-3-1-2-35-40(37)43(53)49(42(35)52)38-14-15-39(50)46-41(38)51/h1-9,24,27,29,32-33,38H,10-23,26H2,(H,46,50,51)/t32-,33-,38?. The van der Waals surface area contributed by atoms with E-state index in [-0.39, 0.29) is 31.0 Å². The normalized spacial score (nSPS) is 24.0. The maximum atomic E-state index is 13.6. The molecule has 12 heteroatoms. The van der Waals surface area contributed by atoms with Gasteiger partial charge < -0.3 is 19.3 Å². The Morgan fingerprint density at radius 3 is 2.09 bits per heavy atom. The molecule has 5 aliphatic rings. The second-order valence-electron chi connectivity index (χ2n) is 15.6. The number of imide groups is 2. The molecule has 1 N–H and O–H groups in total. The summed E-state index contributed by atoms with van der Waals surface area (Å²) in [7, 11) is 0. The predicted molar refractivity (Wildman–Crippen MR) is 206 cm³/mol. The van der Waals surface area contributed by atoms with Crippen molar-refractivity contribution in [1.82, 2.24) is 15.1 Å². The molecule has 0 aromatic heterocycles. The number of nitrogens with zero attached hydrogens (tertiary/aromatic N) is 4. The van der Waals surface area contributed by atoms with E-state index in [9.17, 15) is 19.2 Å². The number of ether oxygens (including phenoxy) is 2. The summed E-state index contributed by atoms with van der Waals surface area (Å²) in [5.74, 6) is 0.831. The highest BCUT2D eigenvalue weighted by molar-refractivity contribution is 6.31. The first kappa shape index (κ1) is 37.0. The Balaban J connectivity index is 0.770. The average molecular weight is 764 g/mol. The number of hydrogen-bond donors (Lipinski definition) is 1. The number of benzene rings is 3. The molecule has 0 radical (unpaired) electrons. The average Bonchev–Trinajstić information content (AvgIpc) is 3.45. The zero-order chi connectivity index (χ0) is 38.1. The Morgan fingerprint density at radius 2 is 1.44 bits per heavy atom. The van der Waals surface area contributed by atoms with Gasteiger partial charge in [0.15, 0.2) is 0 Å². The molecule has 3 aromatic rings. The van der Waals surface area contributed by atoms with Gasteiger partial charge in [-0.25, -0.2) is 0 Å². The molecular weight excluding hydrogens is 718 g/mol. The van der Waals surface area contributed by atoms with Crippen molar-refractivity contribution in [2.45, 2.75) is 88.4 Å². The minimum absolute atomic E-state index is 0.102. The number of rotatable bonds is 9. The number of fused-ring (bicyclic) bond motifs is 1. The molecule has 1 unspecified atom stereocenters. The van der Waals surface area contributed by atoms with E-state index < -0.39 is 23.8 Å². The summed E-state index contributed by atoms with van der Waals surface area (Å²) < 4.78 is 12.5. The van der Waals surface area contributed by atoms with Crippen LogP contribution < -0.4 is 19.7 Å². The number of carbonyl (C=O) groups is 4. The summed E-state index contributed by atoms with van der Waals surface area (Å²) >= 11 is 6.17. The van der Waals surface area contributed by atoms with Gasteiger partial charge in [-0.15, -0.1) is 0 Å². The van der Waals surface area contributed by atoms with Gasteiger partial charge in [0.2, 0.25) is 11.8 Å². The van der Waals surface area contributed by atoms with Crippen LogP contribution in [0.5, 0.6) is 11.5 Å². The molecule has 0 spiro atoms. The van der Waals surface area contributed by atoms with Gasteiger partial charge in [-0.3, -0.25) is 29.4 Å². The Hall–Kier alpha value is -4.92. The number of piperidine rings is 3. The van der Waals surface area contributed by atoms with Crippen LogP contribution in [0.4, 0.5) is 5.69 Å². The Kier molecular flexibility index (Phi) is 10.8. The Bertz CT molecular complexity index is 1990. The highest BCUT2D eigenvalue weighted by Gasteiger charge is 2.46. The minimum Gasteiger partial charge on any atom is -0.490 e. The number of hydrogen-bond acceptors (Lipinski definition) is 9. The van der Waals surface area contributed by atoms with Crippen molar-refractivity contribution in [3.8, 4) is 17.6 Å². The molecule has 286 valence electrons. The van der Waals surface area contributed by atoms with Gasteiger partial charge >= 0.3 is 0 Å². The minimum atomic E-state index is -0.965. The van der Waals surface area contributed by atoms with Crippen LogP contribution in [0.15, 0.2) is 60.7 Å². The van der Waals surface area contributed by atoms with Crippen LogP contribution >= 0.6 is 11.6 Å². The fraction of sp³-hybridized carbons (Fsp3) is 0.465. The number of anilines is 1. The molecule has 11 nitrogen and oxygen atoms in total. The van der Waals surface area contributed by atoms with E-state index in [1.165, 1.54) is 5.56 Å². The van der Waals surface area contributed by atoms with Crippen LogP contribution in [-0.4, -0.2) is 84.4 Å². The summed E-state index contributed by atoms with van der Waals surface area (Å²) in [5, 5.41) is 11.8. The molecule has 55 heavy (non-hydrogen) atoms. The molecular formula is C43H46ClN5O6. The molecule has 1 aliphatic carbocycles. The van der Waals surface area contributed by atoms with E-state index >= 15 is 0 Å². The van der Waals surface area contributed by atoms with E-state index in [1.807, 2.05) is 12.1 Å². The molecule has 0 bridgehead atoms. The molecule has 3 saturated heterocycles. The third kappa shape index (κ3) is 7.94. The molecule has 4 heterocycles. The first-order chi connectivity index (χ1) is 26.7. The lowest BCUT2D eigenvalue weighted by Crippen LogP contribution is -2.54. The molecule has 4 fully saturated rings. The zero-order valence-electron chi connectivity index (χ0n) is 30.9. The lowest BCUT2D eigenvalue weighted by Gasteiger charge is -2.39. The number of carbonyl (C=O) groups excluding carboxylic acids is 4. The van der Waals surface area contributed by atoms with Crippen molar-refractivity contribution in [1.29, 1.82) is 5.26 Å². The topological polar surface area (TPSA) is 132 Å². The van der Waals surface area contributed by atoms with E-state index in [1.54, 1.807) is 24.3 Å². The molecule has 4 amide bonds. The third-order valence-electron chi connectivity index (χ3n) is 12.1. The first-order valence-electron chi connectivity index (χ1n) is 19.7. The van der Waals surface area contributed by atoms with Crippen LogP contribution in [-0.2, 0) is 9.59 Å². The second kappa shape index (κ2) is 16.0. The maximum Gasteiger partial charge on any atom is 0.264 e. The predicted octanol–water partition coefficient (Wildman–Crippen LogP) is 6.48. The van der Waals surface area contributed by atoms with Crippen molar-refractivity contribution in [2.75, 3.05) is 37.6 Å². The van der Waals surface area contributed by atoms with Gasteiger partial charge in [0.25, 0.3) is 11.8 Å². The van der Waals surface area contributed by atoms with E-state index in [2.05, 4.69) is 45.5 Å². The highest BCUT2D eigenvalue weighted by atomic mass is 35.5. The maximum absolute atomic E-state index is 13.6. The number of nitriles is 1. The van der Waals surface area contributed by atoms with Crippen molar-refractivity contribution in [3.63, 3.8) is 0 Å². The largest absolute Gasteiger partial charge is 0.490 e. The van der Waals surface area contributed by atoms with Crippen LogP contribution in [0.2, 0.25) is 5.02 Å². The van der Waals surface area contributed by atoms with Crippen molar-refractivity contribution < 1.29 is 28.7 Å². The van der Waals surface area contributed by atoms with E-state index in [0.29, 0.717) is 39.3 Å². The summed E-state index contributed by atoms with van der Waals surface area (Å²) in [6.07, 6.45) is 8.46. The lowest BCUT2D eigenvalue weighted by atomic mass is 9.88. The van der Waals surface area contributed by atoms with E-state index in [0.717, 1.165) is 100 Å². The molecule has 8 rings (SSSR count). The van der Waals surface area contributed by atoms with Gasteiger partial charge in [-0.05, 0) is 125 Å². The molecule has 4 aliphatic heterocycles. The van der Waals surface area contributed by atoms with Gasteiger partial charge in [0.05, 0.1) is 39.6 Å². The number of likely N-dealkylation sites (tertiary alicyclic amines) is 1. The highest BCUT2D eigenvalue weighted by Crippen LogP contribution is 2.37. The first-order valence-corrected chi connectivity index (χ1v) is 20.1. The molecule has 3 aromatic carbocycles. The van der Waals surface area contributed by atoms with Gasteiger partial charge in [-0.1, -0.05) is 29.8 Å². The fourth-order valence-corrected chi connectivity index (χ4v) is 9.28. The van der Waals surface area contributed by atoms with Crippen LogP contribution in [0.3, 0.4) is 0 Å². The number of amides is 4. The van der Waals surface area contributed by atoms with Gasteiger partial charge in [-0.2, -0.15) is 5.26 Å². The smallest absolute Gasteiger partial charge is 0.264 e. The SMILES string of the molecule is N#Cc1ccc(O[C@H]2CC[C@H](Oc3ccc(C4CCN(CC5CCN(c6cccc7c6C(=O)N(C6CCC(=O)NC6=O)C7=O)CC5)CC4)cc3)CC2)cc1Cl. The van der Waals surface area contributed by atoms with Crippen molar-refractivity contribution in [3.05, 3.63) is 87.9 Å². The van der Waals surface area contributed by atoms with Crippen LogP contribution in [0.1, 0.15) is 102 Å². The summed E-state index contributed by atoms with van der Waals surface area (Å²) in [5.41, 5.74) is 3.28. The summed E-state index contributed by atoms with van der Waals surface area (Å²) in [6, 6.07) is 20.4. The quantitative estimate of drug-likeness (QED) is 0.244. The van der Waals surface area contributed by atoms with E-state index in [4.69, 9.17) is 26.3 Å². The van der Waals surface area contributed by atoms with Crippen molar-refractivity contribution in [2.24, 2.45) is 5.92 Å². The third-order valence-corrected chi connectivity index (χ3v) is 12.5. The van der Waals surface area contributed by atoms with Crippen LogP contribution in [0.25, 0.3) is 0 Å². The molecule has 1 saturated carbocycles. The summed E-state index contributed by atoms with van der Waals surface area (Å²) in [6.45, 7) is 4.81. The number of nitrogens with one attached hydrogen (secondary N) is 1. The number of halogens is 1. The van der Waals surface area contributed by atoms with Gasteiger partial charge in [0, 0.05) is 32.1 Å². The van der Waals surface area contributed by atoms with Crippen molar-refractivity contribution >= 4 is 40.9 Å².